The zero-order valence-electron chi connectivity index (χ0n) is 9.61. The maximum atomic E-state index is 12.1. The van der Waals surface area contributed by atoms with Crippen molar-refractivity contribution in [1.82, 2.24) is 9.59 Å². The molecule has 5 nitrogen and oxygen atoms in total. The fourth-order valence-corrected chi connectivity index (χ4v) is 2.42. The Balaban J connectivity index is 2.24. The van der Waals surface area contributed by atoms with Crippen molar-refractivity contribution in [1.29, 1.82) is 0 Å². The largest absolute Gasteiger partial charge is 0.399 e. The average molecular weight is 327 g/mol. The molecule has 1 aromatic heterocycles. The molecule has 1 aromatic carbocycles. The van der Waals surface area contributed by atoms with Crippen LogP contribution in [0.25, 0.3) is 0 Å². The number of halogens is 1. The Morgan fingerprint density at radius 1 is 1.56 bits per heavy atom. The number of nitrogens with two attached hydrogens (primary N) is 1. The third kappa shape index (κ3) is 2.68. The minimum Gasteiger partial charge on any atom is -0.399 e. The molecule has 0 fully saturated rings. The number of rotatable bonds is 3. The lowest BCUT2D eigenvalue weighted by Crippen LogP contribution is -2.13. The highest BCUT2D eigenvalue weighted by atomic mass is 79.9. The number of hydrogen-bond acceptors (Lipinski definition) is 5. The lowest BCUT2D eigenvalue weighted by Gasteiger charge is -2.07. The van der Waals surface area contributed by atoms with Crippen LogP contribution in [0.15, 0.2) is 22.7 Å². The topological polar surface area (TPSA) is 80.9 Å². The first-order valence-corrected chi connectivity index (χ1v) is 6.86. The lowest BCUT2D eigenvalue weighted by atomic mass is 10.2. The molecular formula is C11H11BrN4OS. The van der Waals surface area contributed by atoms with Gasteiger partial charge in [-0.1, -0.05) is 11.4 Å². The van der Waals surface area contributed by atoms with E-state index in [1.807, 2.05) is 6.92 Å². The number of aryl methyl sites for hydroxylation is 1. The number of anilines is 2. The third-order valence-corrected chi connectivity index (χ3v) is 3.79. The number of nitrogens with zero attached hydrogens (tertiary/aromatic N) is 2. The number of carbonyl (C=O) groups is 1. The summed E-state index contributed by atoms with van der Waals surface area (Å²) in [6.07, 6.45) is 0.678. The van der Waals surface area contributed by atoms with Gasteiger partial charge in [-0.2, -0.15) is 0 Å². The second-order valence-electron chi connectivity index (χ2n) is 3.60. The minimum absolute atomic E-state index is 0.215. The van der Waals surface area contributed by atoms with Gasteiger partial charge in [0.25, 0.3) is 5.91 Å². The van der Waals surface area contributed by atoms with Crippen LogP contribution in [0.1, 0.15) is 22.3 Å². The summed E-state index contributed by atoms with van der Waals surface area (Å²) in [7, 11) is 0. The van der Waals surface area contributed by atoms with Gasteiger partial charge in [0, 0.05) is 10.2 Å². The molecule has 7 heteroatoms. The number of aromatic nitrogens is 2. The van der Waals surface area contributed by atoms with Gasteiger partial charge in [-0.3, -0.25) is 4.79 Å². The molecule has 0 radical (unpaired) electrons. The van der Waals surface area contributed by atoms with Crippen molar-refractivity contribution < 1.29 is 4.79 Å². The smallest absolute Gasteiger partial charge is 0.269 e. The number of nitrogens with one attached hydrogen (secondary N) is 1. The maximum Gasteiger partial charge on any atom is 0.269 e. The molecule has 3 N–H and O–H groups in total. The first-order valence-electron chi connectivity index (χ1n) is 5.29. The Morgan fingerprint density at radius 3 is 3.06 bits per heavy atom. The van der Waals surface area contributed by atoms with Crippen molar-refractivity contribution in [2.45, 2.75) is 13.3 Å². The Kier molecular flexibility index (Phi) is 3.93. The number of amides is 1. The van der Waals surface area contributed by atoms with Crippen LogP contribution in [0.4, 0.5) is 11.4 Å². The van der Waals surface area contributed by atoms with Crippen LogP contribution >= 0.6 is 27.5 Å². The summed E-state index contributed by atoms with van der Waals surface area (Å²) in [5, 5.41) is 6.70. The summed E-state index contributed by atoms with van der Waals surface area (Å²) in [6.45, 7) is 1.93. The van der Waals surface area contributed by atoms with Crippen molar-refractivity contribution >= 4 is 44.7 Å². The van der Waals surface area contributed by atoms with Gasteiger partial charge in [-0.15, -0.1) is 5.10 Å². The highest BCUT2D eigenvalue weighted by molar-refractivity contribution is 9.10. The van der Waals surface area contributed by atoms with E-state index in [1.54, 1.807) is 18.2 Å². The van der Waals surface area contributed by atoms with E-state index in [4.69, 9.17) is 5.73 Å². The van der Waals surface area contributed by atoms with Crippen LogP contribution in [-0.2, 0) is 6.42 Å². The summed E-state index contributed by atoms with van der Waals surface area (Å²) >= 11 is 4.45. The van der Waals surface area contributed by atoms with E-state index in [0.29, 0.717) is 28.4 Å². The highest BCUT2D eigenvalue weighted by Crippen LogP contribution is 2.25. The summed E-state index contributed by atoms with van der Waals surface area (Å²) < 4.78 is 4.57. The molecule has 2 aromatic rings. The van der Waals surface area contributed by atoms with Gasteiger partial charge in [0.2, 0.25) is 0 Å². The Morgan fingerprint density at radius 2 is 2.33 bits per heavy atom. The van der Waals surface area contributed by atoms with E-state index >= 15 is 0 Å². The number of carbonyl (C=O) groups excluding carboxylic acids is 1. The van der Waals surface area contributed by atoms with Crippen LogP contribution in [0, 0.1) is 0 Å². The highest BCUT2D eigenvalue weighted by Gasteiger charge is 2.16. The maximum absolute atomic E-state index is 12.1. The summed E-state index contributed by atoms with van der Waals surface area (Å²) in [5.41, 5.74) is 7.61. The fraction of sp³-hybridized carbons (Fsp3) is 0.182. The SMILES string of the molecule is CCc1nnsc1C(=O)Nc1cc(N)ccc1Br. The van der Waals surface area contributed by atoms with Gasteiger partial charge in [0.05, 0.1) is 11.4 Å². The molecule has 0 spiro atoms. The molecule has 0 bridgehead atoms. The fourth-order valence-electron chi connectivity index (χ4n) is 1.43. The van der Waals surface area contributed by atoms with Crippen molar-refractivity contribution in [3.63, 3.8) is 0 Å². The molecule has 2 rings (SSSR count). The molecule has 0 aliphatic carbocycles. The van der Waals surface area contributed by atoms with Crippen LogP contribution in [0.2, 0.25) is 0 Å². The van der Waals surface area contributed by atoms with E-state index in [1.165, 1.54) is 0 Å². The van der Waals surface area contributed by atoms with E-state index in [0.717, 1.165) is 16.0 Å². The summed E-state index contributed by atoms with van der Waals surface area (Å²) in [4.78, 5) is 12.6. The number of hydrogen-bond donors (Lipinski definition) is 2. The Labute approximate surface area is 117 Å². The Hall–Kier alpha value is -1.47. The van der Waals surface area contributed by atoms with Gasteiger partial charge >= 0.3 is 0 Å². The van der Waals surface area contributed by atoms with Crippen molar-refractivity contribution in [3.05, 3.63) is 33.2 Å². The van der Waals surface area contributed by atoms with Gasteiger partial charge < -0.3 is 11.1 Å². The predicted octanol–water partition coefficient (Wildman–Crippen LogP) is 2.70. The zero-order valence-corrected chi connectivity index (χ0v) is 12.0. The van der Waals surface area contributed by atoms with Crippen LogP contribution in [0.5, 0.6) is 0 Å². The van der Waals surface area contributed by atoms with Crippen LogP contribution < -0.4 is 11.1 Å². The molecule has 0 unspecified atom stereocenters. The zero-order chi connectivity index (χ0) is 13.1. The summed E-state index contributed by atoms with van der Waals surface area (Å²) in [6, 6.07) is 5.24. The van der Waals surface area contributed by atoms with Crippen LogP contribution in [-0.4, -0.2) is 15.5 Å². The average Bonchev–Trinajstić information content (AvgIpc) is 2.82. The monoisotopic (exact) mass is 326 g/mol. The predicted molar refractivity (Wildman–Crippen MR) is 75.8 cm³/mol. The molecule has 18 heavy (non-hydrogen) atoms. The molecule has 0 atom stereocenters. The standard InChI is InChI=1S/C11H11BrN4OS/c1-2-8-10(18-16-15-8)11(17)14-9-5-6(13)3-4-7(9)12/h3-5H,2,13H2,1H3,(H,14,17). The van der Waals surface area contributed by atoms with E-state index < -0.39 is 0 Å². The molecule has 0 aliphatic heterocycles. The molecule has 94 valence electrons. The van der Waals surface area contributed by atoms with E-state index in [-0.39, 0.29) is 5.91 Å². The second kappa shape index (κ2) is 5.45. The van der Waals surface area contributed by atoms with Gasteiger partial charge in [0.15, 0.2) is 0 Å². The van der Waals surface area contributed by atoms with Gasteiger partial charge in [0.1, 0.15) is 4.88 Å². The van der Waals surface area contributed by atoms with Gasteiger partial charge in [-0.25, -0.2) is 0 Å². The summed E-state index contributed by atoms with van der Waals surface area (Å²) in [5.74, 6) is -0.215. The quantitative estimate of drug-likeness (QED) is 0.850. The normalized spacial score (nSPS) is 10.3. The first kappa shape index (κ1) is 13.0. The third-order valence-electron chi connectivity index (χ3n) is 2.34. The lowest BCUT2D eigenvalue weighted by molar-refractivity contribution is 0.102. The second-order valence-corrected chi connectivity index (χ2v) is 5.20. The van der Waals surface area contributed by atoms with Crippen molar-refractivity contribution in [2.75, 3.05) is 11.1 Å². The first-order chi connectivity index (χ1) is 8.61. The molecular weight excluding hydrogens is 316 g/mol. The number of benzene rings is 1. The molecule has 1 heterocycles. The van der Waals surface area contributed by atoms with E-state index in [9.17, 15) is 4.79 Å². The van der Waals surface area contributed by atoms with Gasteiger partial charge in [-0.05, 0) is 52.1 Å². The molecule has 1 amide bonds. The number of nitrogen functional groups attached to an aromatic ring is 1. The minimum atomic E-state index is -0.215. The molecule has 0 saturated carbocycles. The molecule has 0 saturated heterocycles. The molecule has 0 aliphatic rings. The Bertz CT molecular complexity index is 584. The van der Waals surface area contributed by atoms with Crippen molar-refractivity contribution in [2.24, 2.45) is 0 Å². The van der Waals surface area contributed by atoms with Crippen molar-refractivity contribution in [3.8, 4) is 0 Å². The van der Waals surface area contributed by atoms with Crippen LogP contribution in [0.3, 0.4) is 0 Å². The van der Waals surface area contributed by atoms with E-state index in [2.05, 4.69) is 30.8 Å².